The molecule has 4 heteroatoms. The van der Waals surface area contributed by atoms with Crippen LogP contribution in [0.15, 0.2) is 60.8 Å². The Morgan fingerprint density at radius 2 is 1.83 bits per heavy atom. The molecule has 4 aromatic rings. The molecule has 0 spiro atoms. The fourth-order valence-corrected chi connectivity index (χ4v) is 4.50. The average molecular weight is 380 g/mol. The molecule has 2 aromatic heterocycles. The van der Waals surface area contributed by atoms with Crippen molar-refractivity contribution >= 4 is 10.9 Å². The lowest BCUT2D eigenvalue weighted by molar-refractivity contribution is 0.243. The first-order valence-electron chi connectivity index (χ1n) is 10.6. The number of rotatable bonds is 4. The van der Waals surface area contributed by atoms with Crippen LogP contribution in [0.3, 0.4) is 0 Å². The normalized spacial score (nSPS) is 16.8. The van der Waals surface area contributed by atoms with Crippen LogP contribution in [0.1, 0.15) is 41.4 Å². The summed E-state index contributed by atoms with van der Waals surface area (Å²) in [6.45, 7) is 2.90. The lowest BCUT2D eigenvalue weighted by atomic mass is 10.0. The Kier molecular flexibility index (Phi) is 3.98. The van der Waals surface area contributed by atoms with E-state index in [4.69, 9.17) is 4.98 Å². The quantitative estimate of drug-likeness (QED) is 0.538. The van der Waals surface area contributed by atoms with Gasteiger partial charge in [0.05, 0.1) is 5.69 Å². The van der Waals surface area contributed by atoms with Gasteiger partial charge < -0.3 is 4.98 Å². The number of aromatic nitrogens is 3. The summed E-state index contributed by atoms with van der Waals surface area (Å²) in [5, 5.41) is 1.32. The van der Waals surface area contributed by atoms with Crippen LogP contribution in [0.5, 0.6) is 0 Å². The first-order valence-corrected chi connectivity index (χ1v) is 10.6. The maximum atomic E-state index is 4.88. The number of nitrogens with zero attached hydrogens (tertiary/aromatic N) is 3. The molecule has 0 bridgehead atoms. The molecule has 0 amide bonds. The molecule has 0 radical (unpaired) electrons. The largest absolute Gasteiger partial charge is 0.354 e. The van der Waals surface area contributed by atoms with Crippen molar-refractivity contribution in [1.82, 2.24) is 19.9 Å². The molecule has 6 rings (SSSR count). The minimum absolute atomic E-state index is 0.623. The lowest BCUT2D eigenvalue weighted by Crippen LogP contribution is -2.31. The molecule has 2 aromatic carbocycles. The van der Waals surface area contributed by atoms with Crippen LogP contribution in [0.4, 0.5) is 0 Å². The van der Waals surface area contributed by atoms with Crippen molar-refractivity contribution in [2.45, 2.75) is 38.3 Å². The van der Waals surface area contributed by atoms with Gasteiger partial charge in [0, 0.05) is 60.3 Å². The van der Waals surface area contributed by atoms with Crippen LogP contribution < -0.4 is 0 Å². The molecule has 144 valence electrons. The van der Waals surface area contributed by atoms with E-state index in [-0.39, 0.29) is 0 Å². The molecule has 1 fully saturated rings. The molecule has 1 aliphatic carbocycles. The molecule has 0 atom stereocenters. The second-order valence-corrected chi connectivity index (χ2v) is 8.33. The van der Waals surface area contributed by atoms with E-state index in [1.54, 1.807) is 0 Å². The molecule has 1 saturated carbocycles. The van der Waals surface area contributed by atoms with E-state index in [1.165, 1.54) is 51.8 Å². The third-order valence-corrected chi connectivity index (χ3v) is 6.23. The van der Waals surface area contributed by atoms with Crippen LogP contribution in [0.25, 0.3) is 22.2 Å². The zero-order valence-electron chi connectivity index (χ0n) is 16.4. The summed E-state index contributed by atoms with van der Waals surface area (Å²) in [6, 6.07) is 19.3. The van der Waals surface area contributed by atoms with Crippen LogP contribution in [-0.4, -0.2) is 26.4 Å². The second-order valence-electron chi connectivity index (χ2n) is 8.33. The van der Waals surface area contributed by atoms with E-state index in [2.05, 4.69) is 75.7 Å². The molecule has 0 saturated heterocycles. The van der Waals surface area contributed by atoms with Gasteiger partial charge in [-0.3, -0.25) is 4.90 Å². The Hall–Kier alpha value is -2.98. The van der Waals surface area contributed by atoms with E-state index < -0.39 is 0 Å². The summed E-state index contributed by atoms with van der Waals surface area (Å²) in [7, 11) is 0. The van der Waals surface area contributed by atoms with Crippen molar-refractivity contribution in [2.24, 2.45) is 0 Å². The van der Waals surface area contributed by atoms with Crippen molar-refractivity contribution < 1.29 is 0 Å². The maximum absolute atomic E-state index is 4.88. The molecule has 0 unspecified atom stereocenters. The Morgan fingerprint density at radius 1 is 1.00 bits per heavy atom. The highest BCUT2D eigenvalue weighted by Gasteiger charge is 2.28. The predicted molar refractivity (Wildman–Crippen MR) is 116 cm³/mol. The summed E-state index contributed by atoms with van der Waals surface area (Å²) in [5.41, 5.74) is 7.62. The average Bonchev–Trinajstić information content (AvgIpc) is 3.57. The zero-order valence-corrected chi connectivity index (χ0v) is 16.4. The highest BCUT2D eigenvalue weighted by atomic mass is 15.1. The van der Waals surface area contributed by atoms with Gasteiger partial charge in [0.1, 0.15) is 5.82 Å². The molecule has 1 aliphatic heterocycles. The number of nitrogens with one attached hydrogen (secondary N) is 1. The minimum atomic E-state index is 0.623. The van der Waals surface area contributed by atoms with Gasteiger partial charge >= 0.3 is 0 Å². The molecule has 2 aliphatic rings. The summed E-state index contributed by atoms with van der Waals surface area (Å²) in [5.74, 6) is 1.69. The first kappa shape index (κ1) is 16.9. The maximum Gasteiger partial charge on any atom is 0.131 e. The number of hydrogen-bond acceptors (Lipinski definition) is 3. The van der Waals surface area contributed by atoms with E-state index in [1.807, 2.05) is 0 Å². The van der Waals surface area contributed by atoms with Gasteiger partial charge in [0.15, 0.2) is 0 Å². The molecule has 29 heavy (non-hydrogen) atoms. The number of H-pyrrole nitrogens is 1. The van der Waals surface area contributed by atoms with Crippen molar-refractivity contribution in [3.05, 3.63) is 83.4 Å². The highest BCUT2D eigenvalue weighted by Crippen LogP contribution is 2.38. The molecule has 4 nitrogen and oxygen atoms in total. The summed E-state index contributed by atoms with van der Waals surface area (Å²) < 4.78 is 0. The Balaban J connectivity index is 1.33. The van der Waals surface area contributed by atoms with Crippen LogP contribution in [0.2, 0.25) is 0 Å². The van der Waals surface area contributed by atoms with Gasteiger partial charge in [-0.15, -0.1) is 0 Å². The van der Waals surface area contributed by atoms with E-state index in [9.17, 15) is 0 Å². The van der Waals surface area contributed by atoms with E-state index >= 15 is 0 Å². The Morgan fingerprint density at radius 3 is 2.69 bits per heavy atom. The molecule has 3 heterocycles. The number of hydrogen-bond donors (Lipinski definition) is 1. The van der Waals surface area contributed by atoms with Gasteiger partial charge in [0.25, 0.3) is 0 Å². The van der Waals surface area contributed by atoms with Crippen LogP contribution >= 0.6 is 0 Å². The van der Waals surface area contributed by atoms with Crippen molar-refractivity contribution in [3.63, 3.8) is 0 Å². The predicted octanol–water partition coefficient (Wildman–Crippen LogP) is 5.06. The summed E-state index contributed by atoms with van der Waals surface area (Å²) >= 11 is 0. The number of para-hydroxylation sites is 1. The van der Waals surface area contributed by atoms with Crippen molar-refractivity contribution in [2.75, 3.05) is 6.54 Å². The van der Waals surface area contributed by atoms with Gasteiger partial charge in [-0.2, -0.15) is 0 Å². The zero-order chi connectivity index (χ0) is 19.2. The lowest BCUT2D eigenvalue weighted by Gasteiger charge is -2.28. The highest BCUT2D eigenvalue weighted by molar-refractivity contribution is 5.90. The van der Waals surface area contributed by atoms with Gasteiger partial charge in [-0.25, -0.2) is 9.97 Å². The molecule has 1 N–H and O–H groups in total. The van der Waals surface area contributed by atoms with E-state index in [0.29, 0.717) is 5.92 Å². The number of aromatic amines is 1. The van der Waals surface area contributed by atoms with Gasteiger partial charge in [-0.05, 0) is 30.0 Å². The van der Waals surface area contributed by atoms with Crippen molar-refractivity contribution in [1.29, 1.82) is 0 Å². The Labute approximate surface area is 170 Å². The van der Waals surface area contributed by atoms with Gasteiger partial charge in [-0.1, -0.05) is 48.5 Å². The molecular weight excluding hydrogens is 356 g/mol. The number of benzene rings is 2. The fourth-order valence-electron chi connectivity index (χ4n) is 4.50. The van der Waals surface area contributed by atoms with Crippen LogP contribution in [0, 0.1) is 0 Å². The minimum Gasteiger partial charge on any atom is -0.354 e. The summed E-state index contributed by atoms with van der Waals surface area (Å²) in [6.07, 6.45) is 5.61. The number of fused-ring (bicyclic) bond motifs is 2. The third kappa shape index (κ3) is 3.14. The smallest absolute Gasteiger partial charge is 0.131 e. The monoisotopic (exact) mass is 380 g/mol. The standard InChI is InChI=1S/C25H24N4/c1-2-6-17(7-3-1)24-21(20-8-4-5-9-23(20)27-24)16-29-13-12-22-19(15-29)14-26-25(28-22)18-10-11-18/h1-9,14,18,27H,10-13,15-16H2. The fraction of sp³-hybridized carbons (Fsp3) is 0.280. The van der Waals surface area contributed by atoms with Gasteiger partial charge in [0.2, 0.25) is 0 Å². The first-order chi connectivity index (χ1) is 14.3. The molecular formula is C25H24N4. The summed E-state index contributed by atoms with van der Waals surface area (Å²) in [4.78, 5) is 15.7. The van der Waals surface area contributed by atoms with Crippen LogP contribution in [-0.2, 0) is 19.5 Å². The topological polar surface area (TPSA) is 44.8 Å². The SMILES string of the molecule is c1ccc(-c2[nH]c3ccccc3c2CN2CCc3nc(C4CC4)ncc3C2)cc1. The van der Waals surface area contributed by atoms with E-state index in [0.717, 1.165) is 31.9 Å². The third-order valence-electron chi connectivity index (χ3n) is 6.23. The Bertz CT molecular complexity index is 1170. The van der Waals surface area contributed by atoms with Crippen molar-refractivity contribution in [3.8, 4) is 11.3 Å². The second kappa shape index (κ2) is 6.82.